The molecule has 0 spiro atoms. The molecule has 1 unspecified atom stereocenters. The van der Waals surface area contributed by atoms with Crippen molar-refractivity contribution >= 4 is 23.3 Å². The van der Waals surface area contributed by atoms with Crippen molar-refractivity contribution in [2.24, 2.45) is 11.7 Å². The van der Waals surface area contributed by atoms with E-state index in [0.29, 0.717) is 10.9 Å². The number of hydrogen-bond acceptors (Lipinski definition) is 3. The predicted molar refractivity (Wildman–Crippen MR) is 62.7 cm³/mol. The van der Waals surface area contributed by atoms with Crippen LogP contribution >= 0.6 is 12.2 Å². The summed E-state index contributed by atoms with van der Waals surface area (Å²) in [6.07, 6.45) is 5.33. The first-order chi connectivity index (χ1) is 7.15. The molecule has 1 saturated carbocycles. The lowest BCUT2D eigenvalue weighted by atomic mass is 9.84. The molecule has 0 bridgehead atoms. The van der Waals surface area contributed by atoms with E-state index >= 15 is 0 Å². The standard InChI is InChI=1S/C10H18N2O2S/c1-14-10(13)12-8(9(11)15)7-5-3-2-4-6-7/h7-8H,2-6H2,1H3,(H2,11,15)(H,12,13). The summed E-state index contributed by atoms with van der Waals surface area (Å²) in [6, 6.07) is -0.215. The third-order valence-corrected chi connectivity index (χ3v) is 3.14. The average molecular weight is 230 g/mol. The van der Waals surface area contributed by atoms with Crippen LogP contribution in [0.4, 0.5) is 4.79 Å². The van der Waals surface area contributed by atoms with Gasteiger partial charge in [-0.3, -0.25) is 0 Å². The molecule has 0 heterocycles. The van der Waals surface area contributed by atoms with E-state index < -0.39 is 6.09 Å². The molecule has 1 fully saturated rings. The zero-order valence-electron chi connectivity index (χ0n) is 8.99. The van der Waals surface area contributed by atoms with Crippen molar-refractivity contribution in [1.82, 2.24) is 5.32 Å². The van der Waals surface area contributed by atoms with Gasteiger partial charge in [0.1, 0.15) is 0 Å². The minimum absolute atomic E-state index is 0.215. The highest BCUT2D eigenvalue weighted by atomic mass is 32.1. The van der Waals surface area contributed by atoms with E-state index in [1.165, 1.54) is 26.4 Å². The lowest BCUT2D eigenvalue weighted by Gasteiger charge is -2.29. The summed E-state index contributed by atoms with van der Waals surface area (Å²) in [5, 5.41) is 2.71. The van der Waals surface area contributed by atoms with Gasteiger partial charge in [-0.2, -0.15) is 0 Å². The van der Waals surface area contributed by atoms with Gasteiger partial charge < -0.3 is 15.8 Å². The van der Waals surface area contributed by atoms with E-state index in [2.05, 4.69) is 10.1 Å². The number of carbonyl (C=O) groups excluding carboxylic acids is 1. The fraction of sp³-hybridized carbons (Fsp3) is 0.800. The number of nitrogens with one attached hydrogen (secondary N) is 1. The second-order valence-electron chi connectivity index (χ2n) is 3.91. The molecule has 0 aromatic carbocycles. The molecule has 0 aromatic heterocycles. The van der Waals surface area contributed by atoms with Crippen LogP contribution in [0.3, 0.4) is 0 Å². The van der Waals surface area contributed by atoms with Gasteiger partial charge in [0.05, 0.1) is 18.1 Å². The van der Waals surface area contributed by atoms with Gasteiger partial charge in [-0.1, -0.05) is 31.5 Å². The van der Waals surface area contributed by atoms with Gasteiger partial charge in [0.2, 0.25) is 0 Å². The summed E-state index contributed by atoms with van der Waals surface area (Å²) in [4.78, 5) is 11.5. The third-order valence-electron chi connectivity index (χ3n) is 2.89. The first-order valence-corrected chi connectivity index (χ1v) is 5.69. The van der Waals surface area contributed by atoms with E-state index in [1.807, 2.05) is 0 Å². The first-order valence-electron chi connectivity index (χ1n) is 5.29. The summed E-state index contributed by atoms with van der Waals surface area (Å²) in [6.45, 7) is 0. The van der Waals surface area contributed by atoms with Crippen molar-refractivity contribution in [1.29, 1.82) is 0 Å². The number of amides is 1. The molecule has 0 aliphatic heterocycles. The maximum absolute atomic E-state index is 11.1. The van der Waals surface area contributed by atoms with E-state index in [-0.39, 0.29) is 6.04 Å². The Hall–Kier alpha value is -0.840. The zero-order chi connectivity index (χ0) is 11.3. The molecule has 4 nitrogen and oxygen atoms in total. The second-order valence-corrected chi connectivity index (χ2v) is 4.39. The fourth-order valence-corrected chi connectivity index (χ4v) is 2.33. The lowest BCUT2D eigenvalue weighted by molar-refractivity contribution is 0.164. The molecule has 3 N–H and O–H groups in total. The topological polar surface area (TPSA) is 64.3 Å². The average Bonchev–Trinajstić information content (AvgIpc) is 2.26. The molecule has 1 aliphatic carbocycles. The number of ether oxygens (including phenoxy) is 1. The van der Waals surface area contributed by atoms with Crippen LogP contribution in [0.1, 0.15) is 32.1 Å². The maximum atomic E-state index is 11.1. The van der Waals surface area contributed by atoms with Gasteiger partial charge in [-0.05, 0) is 18.8 Å². The molecule has 1 aliphatic rings. The summed E-state index contributed by atoms with van der Waals surface area (Å²) in [5.74, 6) is 0.371. The van der Waals surface area contributed by atoms with Crippen LogP contribution in [0, 0.1) is 5.92 Å². The van der Waals surface area contributed by atoms with E-state index in [0.717, 1.165) is 12.8 Å². The Labute approximate surface area is 95.5 Å². The number of methoxy groups -OCH3 is 1. The van der Waals surface area contributed by atoms with Crippen molar-refractivity contribution in [2.75, 3.05) is 7.11 Å². The molecule has 0 saturated heterocycles. The number of carbonyl (C=O) groups is 1. The fourth-order valence-electron chi connectivity index (χ4n) is 2.07. The highest BCUT2D eigenvalue weighted by Crippen LogP contribution is 2.26. The van der Waals surface area contributed by atoms with Crippen molar-refractivity contribution in [2.45, 2.75) is 38.1 Å². The molecule has 1 rings (SSSR count). The van der Waals surface area contributed by atoms with Crippen molar-refractivity contribution in [3.8, 4) is 0 Å². The van der Waals surface area contributed by atoms with Crippen LogP contribution in [0.25, 0.3) is 0 Å². The summed E-state index contributed by atoms with van der Waals surface area (Å²) in [5.41, 5.74) is 5.63. The number of rotatable bonds is 3. The Morgan fingerprint density at radius 2 is 2.07 bits per heavy atom. The first kappa shape index (κ1) is 12.2. The molecule has 5 heteroatoms. The second kappa shape index (κ2) is 5.90. The van der Waals surface area contributed by atoms with E-state index in [9.17, 15) is 4.79 Å². The van der Waals surface area contributed by atoms with Crippen LogP contribution in [0.5, 0.6) is 0 Å². The number of nitrogens with two attached hydrogens (primary N) is 1. The number of thiocarbonyl (C=S) groups is 1. The molecule has 0 radical (unpaired) electrons. The SMILES string of the molecule is COC(=O)NC(C(N)=S)C1CCCCC1. The van der Waals surface area contributed by atoms with Gasteiger partial charge in [0.15, 0.2) is 0 Å². The number of alkyl carbamates (subject to hydrolysis) is 1. The third kappa shape index (κ3) is 3.66. The molecule has 15 heavy (non-hydrogen) atoms. The Morgan fingerprint density at radius 1 is 1.47 bits per heavy atom. The van der Waals surface area contributed by atoms with E-state index in [1.54, 1.807) is 0 Å². The molecule has 1 atom stereocenters. The van der Waals surface area contributed by atoms with Crippen LogP contribution in [-0.2, 0) is 4.74 Å². The van der Waals surface area contributed by atoms with Gasteiger partial charge in [-0.15, -0.1) is 0 Å². The minimum atomic E-state index is -0.460. The van der Waals surface area contributed by atoms with E-state index in [4.69, 9.17) is 18.0 Å². The van der Waals surface area contributed by atoms with Crippen molar-refractivity contribution in [3.05, 3.63) is 0 Å². The van der Waals surface area contributed by atoms with Crippen LogP contribution in [0.2, 0.25) is 0 Å². The van der Waals surface area contributed by atoms with Gasteiger partial charge >= 0.3 is 6.09 Å². The Kier molecular flexibility index (Phi) is 4.81. The summed E-state index contributed by atoms with van der Waals surface area (Å²) in [7, 11) is 1.34. The molecular formula is C10H18N2O2S. The normalized spacial score (nSPS) is 19.3. The van der Waals surface area contributed by atoms with Crippen molar-refractivity contribution < 1.29 is 9.53 Å². The van der Waals surface area contributed by atoms with Gasteiger partial charge in [0, 0.05) is 0 Å². The van der Waals surface area contributed by atoms with Crippen molar-refractivity contribution in [3.63, 3.8) is 0 Å². The highest BCUT2D eigenvalue weighted by molar-refractivity contribution is 7.80. The largest absolute Gasteiger partial charge is 0.453 e. The minimum Gasteiger partial charge on any atom is -0.453 e. The predicted octanol–water partition coefficient (Wildman–Crippen LogP) is 1.58. The Bertz CT molecular complexity index is 240. The van der Waals surface area contributed by atoms with Gasteiger partial charge in [0.25, 0.3) is 0 Å². The molecular weight excluding hydrogens is 212 g/mol. The van der Waals surface area contributed by atoms with Crippen LogP contribution in [0.15, 0.2) is 0 Å². The summed E-state index contributed by atoms with van der Waals surface area (Å²) >= 11 is 4.97. The quantitative estimate of drug-likeness (QED) is 0.722. The molecule has 1 amide bonds. The monoisotopic (exact) mass is 230 g/mol. The maximum Gasteiger partial charge on any atom is 0.407 e. The molecule has 86 valence electrons. The summed E-state index contributed by atoms with van der Waals surface area (Å²) < 4.78 is 4.56. The number of hydrogen-bond donors (Lipinski definition) is 2. The zero-order valence-corrected chi connectivity index (χ0v) is 9.81. The smallest absolute Gasteiger partial charge is 0.407 e. The van der Waals surface area contributed by atoms with Gasteiger partial charge in [-0.25, -0.2) is 4.79 Å². The lowest BCUT2D eigenvalue weighted by Crippen LogP contribution is -2.48. The Morgan fingerprint density at radius 3 is 2.53 bits per heavy atom. The molecule has 0 aromatic rings. The van der Waals surface area contributed by atoms with Crippen LogP contribution in [-0.4, -0.2) is 24.2 Å². The Balaban J connectivity index is 2.55. The van der Waals surface area contributed by atoms with Crippen LogP contribution < -0.4 is 11.1 Å². The highest BCUT2D eigenvalue weighted by Gasteiger charge is 2.27.